The molecule has 0 saturated carbocycles. The maximum Gasteiger partial charge on any atom is 0.0346 e. The molecule has 1 aromatic rings. The SMILES string of the molecule is C=CC=[C-]CCc1ccccc1N.[CH3-].[Y]. The van der Waals surface area contributed by atoms with Crippen molar-refractivity contribution < 1.29 is 32.7 Å². The maximum absolute atomic E-state index is 5.78. The Labute approximate surface area is 118 Å². The Morgan fingerprint density at radius 2 is 2.00 bits per heavy atom. The first-order valence-corrected chi connectivity index (χ1v) is 4.35. The molecule has 1 rings (SSSR count). The second kappa shape index (κ2) is 10.1. The number of hydrogen-bond acceptors (Lipinski definition) is 1. The quantitative estimate of drug-likeness (QED) is 0.510. The first-order valence-electron chi connectivity index (χ1n) is 4.35. The Balaban J connectivity index is 0. The molecule has 2 heteroatoms. The van der Waals surface area contributed by atoms with Gasteiger partial charge in [0, 0.05) is 38.4 Å². The number of rotatable bonds is 4. The molecule has 1 radical (unpaired) electrons. The van der Waals surface area contributed by atoms with Gasteiger partial charge in [-0.25, -0.2) is 12.2 Å². The van der Waals surface area contributed by atoms with Crippen LogP contribution in [0.15, 0.2) is 43.0 Å². The fourth-order valence-corrected chi connectivity index (χ4v) is 1.14. The zero-order chi connectivity index (χ0) is 9.52. The second-order valence-corrected chi connectivity index (χ2v) is 2.81. The van der Waals surface area contributed by atoms with E-state index in [-0.39, 0.29) is 40.1 Å². The van der Waals surface area contributed by atoms with Crippen molar-refractivity contribution in [1.82, 2.24) is 0 Å². The van der Waals surface area contributed by atoms with Crippen LogP contribution in [0, 0.1) is 13.5 Å². The summed E-state index contributed by atoms with van der Waals surface area (Å²) in [6.07, 6.45) is 8.51. The molecule has 2 N–H and O–H groups in total. The molecule has 0 atom stereocenters. The van der Waals surface area contributed by atoms with Gasteiger partial charge in [-0.3, -0.25) is 6.08 Å². The van der Waals surface area contributed by atoms with Gasteiger partial charge < -0.3 is 13.2 Å². The Morgan fingerprint density at radius 3 is 2.60 bits per heavy atom. The topological polar surface area (TPSA) is 26.0 Å². The number of anilines is 1. The molecule has 0 heterocycles. The van der Waals surface area contributed by atoms with Crippen LogP contribution in [-0.4, -0.2) is 0 Å². The van der Waals surface area contributed by atoms with Gasteiger partial charge in [-0.1, -0.05) is 18.2 Å². The molecule has 0 fully saturated rings. The summed E-state index contributed by atoms with van der Waals surface area (Å²) >= 11 is 0. The summed E-state index contributed by atoms with van der Waals surface area (Å²) in [5, 5.41) is 0. The molecular weight excluding hydrogens is 259 g/mol. The Kier molecular flexibility index (Phi) is 11.5. The van der Waals surface area contributed by atoms with Crippen molar-refractivity contribution in [1.29, 1.82) is 0 Å². The summed E-state index contributed by atoms with van der Waals surface area (Å²) < 4.78 is 0. The van der Waals surface area contributed by atoms with E-state index in [9.17, 15) is 0 Å². The van der Waals surface area contributed by atoms with Crippen LogP contribution >= 0.6 is 0 Å². The Hall–Kier alpha value is -0.396. The third-order valence-electron chi connectivity index (χ3n) is 1.83. The van der Waals surface area contributed by atoms with Crippen LogP contribution in [-0.2, 0) is 39.1 Å². The molecule has 15 heavy (non-hydrogen) atoms. The monoisotopic (exact) mass is 276 g/mol. The van der Waals surface area contributed by atoms with Gasteiger partial charge in [-0.05, 0) is 18.1 Å². The molecule has 0 amide bonds. The number of nitrogens with two attached hydrogens (primary N) is 1. The van der Waals surface area contributed by atoms with Crippen LogP contribution in [0.1, 0.15) is 12.0 Å². The molecule has 0 unspecified atom stereocenters. The van der Waals surface area contributed by atoms with Crippen molar-refractivity contribution >= 4 is 5.69 Å². The molecule has 0 bridgehead atoms. The smallest absolute Gasteiger partial charge is 0.0346 e. The van der Waals surface area contributed by atoms with Crippen LogP contribution < -0.4 is 5.73 Å². The summed E-state index contributed by atoms with van der Waals surface area (Å²) in [5.74, 6) is 0. The predicted octanol–water partition coefficient (Wildman–Crippen LogP) is 3.19. The van der Waals surface area contributed by atoms with Gasteiger partial charge in [0.25, 0.3) is 0 Å². The Bertz CT molecular complexity index is 305. The second-order valence-electron chi connectivity index (χ2n) is 2.81. The van der Waals surface area contributed by atoms with Crippen LogP contribution in [0.25, 0.3) is 0 Å². The van der Waals surface area contributed by atoms with E-state index in [2.05, 4.69) is 12.7 Å². The zero-order valence-electron chi connectivity index (χ0n) is 9.24. The molecule has 0 saturated heterocycles. The average molecular weight is 276 g/mol. The van der Waals surface area contributed by atoms with Crippen molar-refractivity contribution in [3.8, 4) is 0 Å². The molecule has 0 aliphatic carbocycles. The van der Waals surface area contributed by atoms with E-state index < -0.39 is 0 Å². The first-order chi connectivity index (χ1) is 6.34. The van der Waals surface area contributed by atoms with E-state index in [1.165, 1.54) is 5.56 Å². The van der Waals surface area contributed by atoms with Crippen molar-refractivity contribution in [3.05, 3.63) is 62.1 Å². The molecule has 0 spiro atoms. The zero-order valence-corrected chi connectivity index (χ0v) is 12.1. The number of aryl methyl sites for hydroxylation is 1. The maximum atomic E-state index is 5.78. The summed E-state index contributed by atoms with van der Waals surface area (Å²) in [5.41, 5.74) is 7.83. The first kappa shape index (κ1) is 17.0. The van der Waals surface area contributed by atoms with E-state index >= 15 is 0 Å². The summed E-state index contributed by atoms with van der Waals surface area (Å²) in [6, 6.07) is 7.92. The van der Waals surface area contributed by atoms with Crippen molar-refractivity contribution in [2.24, 2.45) is 0 Å². The van der Waals surface area contributed by atoms with E-state index in [1.807, 2.05) is 30.3 Å². The number of hydrogen-bond donors (Lipinski definition) is 1. The van der Waals surface area contributed by atoms with Gasteiger partial charge in [0.15, 0.2) is 0 Å². The van der Waals surface area contributed by atoms with Gasteiger partial charge in [0.1, 0.15) is 0 Å². The van der Waals surface area contributed by atoms with Crippen LogP contribution in [0.2, 0.25) is 0 Å². The number of benzene rings is 1. The number of allylic oxidation sites excluding steroid dienone is 3. The van der Waals surface area contributed by atoms with Crippen molar-refractivity contribution in [2.75, 3.05) is 5.73 Å². The average Bonchev–Trinajstić information content (AvgIpc) is 2.15. The molecule has 79 valence electrons. The standard InChI is InChI=1S/C12H14N.CH3.Y/c1-2-3-4-5-8-11-9-6-7-10-12(11)13;;/h2-3,6-7,9-10H,1,5,8,13H2;1H3;/q2*-1;. The van der Waals surface area contributed by atoms with Crippen LogP contribution in [0.5, 0.6) is 0 Å². The van der Waals surface area contributed by atoms with Crippen LogP contribution in [0.3, 0.4) is 0 Å². The van der Waals surface area contributed by atoms with Gasteiger partial charge in [0.05, 0.1) is 0 Å². The summed E-state index contributed by atoms with van der Waals surface area (Å²) in [6.45, 7) is 3.58. The van der Waals surface area contributed by atoms with E-state index in [0.29, 0.717) is 0 Å². The molecule has 0 aliphatic heterocycles. The number of para-hydroxylation sites is 1. The fourth-order valence-electron chi connectivity index (χ4n) is 1.14. The predicted molar refractivity (Wildman–Crippen MR) is 63.6 cm³/mol. The van der Waals surface area contributed by atoms with Gasteiger partial charge in [0.2, 0.25) is 0 Å². The molecule has 1 nitrogen and oxygen atoms in total. The molecular formula is C13H17NY-2. The molecule has 0 aromatic heterocycles. The molecule has 0 aliphatic rings. The Morgan fingerprint density at radius 1 is 1.33 bits per heavy atom. The minimum absolute atomic E-state index is 0. The largest absolute Gasteiger partial charge is 0.399 e. The summed E-state index contributed by atoms with van der Waals surface area (Å²) in [4.78, 5) is 0. The number of nitrogen functional groups attached to an aromatic ring is 1. The van der Waals surface area contributed by atoms with Gasteiger partial charge >= 0.3 is 0 Å². The van der Waals surface area contributed by atoms with Crippen molar-refractivity contribution in [2.45, 2.75) is 12.8 Å². The van der Waals surface area contributed by atoms with Crippen LogP contribution in [0.4, 0.5) is 5.69 Å². The normalized spacial score (nSPS) is 9.07. The minimum Gasteiger partial charge on any atom is -0.399 e. The van der Waals surface area contributed by atoms with Gasteiger partial charge in [-0.15, -0.1) is 6.42 Å². The van der Waals surface area contributed by atoms with E-state index in [1.54, 1.807) is 6.08 Å². The molecule has 1 aromatic carbocycles. The fraction of sp³-hybridized carbons (Fsp3) is 0.154. The van der Waals surface area contributed by atoms with Gasteiger partial charge in [-0.2, -0.15) is 6.58 Å². The van der Waals surface area contributed by atoms with E-state index in [4.69, 9.17) is 5.73 Å². The summed E-state index contributed by atoms with van der Waals surface area (Å²) in [7, 11) is 0. The minimum atomic E-state index is 0. The third kappa shape index (κ3) is 6.64. The third-order valence-corrected chi connectivity index (χ3v) is 1.83. The van der Waals surface area contributed by atoms with Crippen molar-refractivity contribution in [3.63, 3.8) is 0 Å². The van der Waals surface area contributed by atoms with E-state index in [0.717, 1.165) is 18.5 Å².